The van der Waals surface area contributed by atoms with Crippen LogP contribution in [0.4, 0.5) is 5.69 Å². The smallest absolute Gasteiger partial charge is 0.101 e. The molecule has 116 valence electrons. The number of nitriles is 1. The van der Waals surface area contributed by atoms with Crippen LogP contribution < -0.4 is 4.31 Å². The van der Waals surface area contributed by atoms with E-state index in [-0.39, 0.29) is 11.2 Å². The van der Waals surface area contributed by atoms with Gasteiger partial charge < -0.3 is 0 Å². The minimum atomic E-state index is -2.87. The molecule has 22 heavy (non-hydrogen) atoms. The number of halogens is 1. The molecule has 2 aliphatic carbocycles. The first-order chi connectivity index (χ1) is 10.4. The summed E-state index contributed by atoms with van der Waals surface area (Å²) in [5.74, 6) is 1.04. The molecule has 1 heterocycles. The molecule has 0 radical (unpaired) electrons. The van der Waals surface area contributed by atoms with E-state index < -0.39 is 10.8 Å². The first-order valence-electron chi connectivity index (χ1n) is 7.37. The summed E-state index contributed by atoms with van der Waals surface area (Å²) in [6, 6.07) is 5.50. The SMILES string of the molecule is Cc1c(N2C[C@H]3[C@H]([C@@H]4C=C[C@H]3C4)S2(O)O)ccc(C#N)c1Cl. The van der Waals surface area contributed by atoms with Gasteiger partial charge in [0.1, 0.15) is 6.07 Å². The van der Waals surface area contributed by atoms with Gasteiger partial charge in [-0.2, -0.15) is 5.26 Å². The fourth-order valence-electron chi connectivity index (χ4n) is 4.31. The lowest BCUT2D eigenvalue weighted by Crippen LogP contribution is -2.28. The summed E-state index contributed by atoms with van der Waals surface area (Å²) >= 11 is 6.24. The molecule has 4 rings (SSSR count). The second-order valence-corrected chi connectivity index (χ2v) is 8.87. The Balaban J connectivity index is 1.76. The van der Waals surface area contributed by atoms with E-state index in [1.165, 1.54) is 0 Å². The predicted molar refractivity (Wildman–Crippen MR) is 89.1 cm³/mol. The van der Waals surface area contributed by atoms with E-state index in [1.54, 1.807) is 16.4 Å². The summed E-state index contributed by atoms with van der Waals surface area (Å²) in [6.45, 7) is 2.47. The molecular formula is C16H17ClN2O2S. The highest BCUT2D eigenvalue weighted by Gasteiger charge is 2.58. The van der Waals surface area contributed by atoms with Gasteiger partial charge >= 0.3 is 0 Å². The summed E-state index contributed by atoms with van der Waals surface area (Å²) in [7, 11) is -2.87. The zero-order valence-electron chi connectivity index (χ0n) is 12.1. The molecule has 2 N–H and O–H groups in total. The van der Waals surface area contributed by atoms with E-state index in [2.05, 4.69) is 18.2 Å². The average molecular weight is 337 g/mol. The minimum absolute atomic E-state index is 0.0729. The Bertz CT molecular complexity index is 728. The Kier molecular flexibility index (Phi) is 3.05. The zero-order chi connectivity index (χ0) is 15.6. The van der Waals surface area contributed by atoms with Crippen molar-refractivity contribution >= 4 is 28.1 Å². The third kappa shape index (κ3) is 1.73. The van der Waals surface area contributed by atoms with E-state index in [0.717, 1.165) is 17.7 Å². The van der Waals surface area contributed by atoms with Crippen molar-refractivity contribution in [1.82, 2.24) is 0 Å². The monoisotopic (exact) mass is 336 g/mol. The maximum absolute atomic E-state index is 10.9. The number of rotatable bonds is 1. The topological polar surface area (TPSA) is 67.5 Å². The van der Waals surface area contributed by atoms with E-state index in [4.69, 9.17) is 16.9 Å². The Hall–Kier alpha value is -1.19. The fraction of sp³-hybridized carbons (Fsp3) is 0.438. The van der Waals surface area contributed by atoms with Crippen molar-refractivity contribution in [2.45, 2.75) is 18.6 Å². The van der Waals surface area contributed by atoms with Gasteiger partial charge in [-0.25, -0.2) is 0 Å². The number of hydrogen-bond acceptors (Lipinski definition) is 4. The molecule has 4 nitrogen and oxygen atoms in total. The molecule has 1 saturated heterocycles. The van der Waals surface area contributed by atoms with Crippen molar-refractivity contribution < 1.29 is 9.11 Å². The van der Waals surface area contributed by atoms with Crippen molar-refractivity contribution in [2.24, 2.45) is 17.8 Å². The molecule has 0 spiro atoms. The molecule has 0 amide bonds. The van der Waals surface area contributed by atoms with Crippen molar-refractivity contribution in [1.29, 1.82) is 5.26 Å². The van der Waals surface area contributed by atoms with Crippen LogP contribution in [0, 0.1) is 36.0 Å². The number of nitrogens with zero attached hydrogens (tertiary/aromatic N) is 2. The van der Waals surface area contributed by atoms with Crippen LogP contribution in [0.5, 0.6) is 0 Å². The van der Waals surface area contributed by atoms with Crippen LogP contribution >= 0.6 is 22.4 Å². The number of fused-ring (bicyclic) bond motifs is 5. The van der Waals surface area contributed by atoms with Crippen molar-refractivity contribution in [2.75, 3.05) is 10.8 Å². The maximum Gasteiger partial charge on any atom is 0.101 e. The van der Waals surface area contributed by atoms with Crippen LogP contribution in [0.1, 0.15) is 17.5 Å². The third-order valence-corrected chi connectivity index (χ3v) is 8.27. The third-order valence-electron chi connectivity index (χ3n) is 5.36. The standard InChI is InChI=1S/C16H17ClN2O2S/c1-9-14(5-4-12(7-18)15(9)17)19-8-13-10-2-3-11(6-10)16(13)22(19,20)21/h2-5,10-11,13,16,20-21H,6,8H2,1H3/t10-,11+,13+,16-/m0/s1. The Morgan fingerprint density at radius 2 is 2.05 bits per heavy atom. The molecule has 2 bridgehead atoms. The highest BCUT2D eigenvalue weighted by Crippen LogP contribution is 2.68. The fourth-order valence-corrected chi connectivity index (χ4v) is 7.11. The van der Waals surface area contributed by atoms with Gasteiger partial charge in [0.25, 0.3) is 0 Å². The van der Waals surface area contributed by atoms with Gasteiger partial charge in [-0.05, 0) is 42.9 Å². The second-order valence-electron chi connectivity index (χ2n) is 6.38. The number of benzene rings is 1. The molecule has 2 fully saturated rings. The highest BCUT2D eigenvalue weighted by atomic mass is 35.5. The van der Waals surface area contributed by atoms with Gasteiger partial charge in [0.2, 0.25) is 0 Å². The predicted octanol–water partition coefficient (Wildman–Crippen LogP) is 4.20. The molecular weight excluding hydrogens is 320 g/mol. The molecule has 6 heteroatoms. The normalized spacial score (nSPS) is 35.5. The maximum atomic E-state index is 10.9. The molecule has 1 saturated carbocycles. The summed E-state index contributed by atoms with van der Waals surface area (Å²) in [5.41, 5.74) is 1.89. The molecule has 4 atom stereocenters. The molecule has 1 aliphatic heterocycles. The van der Waals surface area contributed by atoms with E-state index in [0.29, 0.717) is 29.0 Å². The largest absolute Gasteiger partial charge is 0.281 e. The van der Waals surface area contributed by atoms with Gasteiger partial charge in [-0.1, -0.05) is 23.8 Å². The quantitative estimate of drug-likeness (QED) is 0.754. The molecule has 1 aromatic carbocycles. The number of allylic oxidation sites excluding steroid dienone is 2. The Labute approximate surface area is 136 Å². The molecule has 1 aromatic rings. The zero-order valence-corrected chi connectivity index (χ0v) is 13.7. The van der Waals surface area contributed by atoms with Gasteiger partial charge in [-0.15, -0.1) is 10.8 Å². The molecule has 3 aliphatic rings. The van der Waals surface area contributed by atoms with Gasteiger partial charge in [-0.3, -0.25) is 13.4 Å². The minimum Gasteiger partial charge on any atom is -0.281 e. The lowest BCUT2D eigenvalue weighted by atomic mass is 9.93. The average Bonchev–Trinajstić information content (AvgIpc) is 3.14. The van der Waals surface area contributed by atoms with Crippen molar-refractivity contribution in [3.8, 4) is 6.07 Å². The van der Waals surface area contributed by atoms with Crippen LogP contribution in [0.3, 0.4) is 0 Å². The van der Waals surface area contributed by atoms with E-state index in [9.17, 15) is 9.11 Å². The van der Waals surface area contributed by atoms with E-state index in [1.807, 2.05) is 6.92 Å². The first-order valence-corrected chi connectivity index (χ1v) is 9.32. The second kappa shape index (κ2) is 4.65. The van der Waals surface area contributed by atoms with Crippen molar-refractivity contribution in [3.63, 3.8) is 0 Å². The number of hydrogen-bond donors (Lipinski definition) is 2. The summed E-state index contributed by atoms with van der Waals surface area (Å²) in [6.07, 6.45) is 5.41. The lowest BCUT2D eigenvalue weighted by Gasteiger charge is -2.44. The van der Waals surface area contributed by atoms with Crippen LogP contribution in [-0.2, 0) is 0 Å². The highest BCUT2D eigenvalue weighted by molar-refractivity contribution is 8.26. The Morgan fingerprint density at radius 3 is 2.73 bits per heavy atom. The lowest BCUT2D eigenvalue weighted by molar-refractivity contribution is 0.448. The van der Waals surface area contributed by atoms with Gasteiger partial charge in [0.05, 0.1) is 21.5 Å². The van der Waals surface area contributed by atoms with Crippen LogP contribution in [0.2, 0.25) is 5.02 Å². The van der Waals surface area contributed by atoms with Crippen molar-refractivity contribution in [3.05, 3.63) is 40.4 Å². The summed E-state index contributed by atoms with van der Waals surface area (Å²) in [5, 5.41) is 9.38. The van der Waals surface area contributed by atoms with Crippen LogP contribution in [0.15, 0.2) is 24.3 Å². The van der Waals surface area contributed by atoms with E-state index >= 15 is 0 Å². The summed E-state index contributed by atoms with van der Waals surface area (Å²) < 4.78 is 23.5. The first kappa shape index (κ1) is 14.4. The van der Waals surface area contributed by atoms with Crippen LogP contribution in [0.25, 0.3) is 0 Å². The summed E-state index contributed by atoms with van der Waals surface area (Å²) in [4.78, 5) is 0. The number of anilines is 1. The molecule has 0 unspecified atom stereocenters. The molecule has 0 aromatic heterocycles. The van der Waals surface area contributed by atoms with Gasteiger partial charge in [0, 0.05) is 12.5 Å². The Morgan fingerprint density at radius 1 is 1.32 bits per heavy atom. The van der Waals surface area contributed by atoms with Crippen LogP contribution in [-0.4, -0.2) is 20.9 Å². The van der Waals surface area contributed by atoms with Gasteiger partial charge in [0.15, 0.2) is 0 Å².